The fourth-order valence-corrected chi connectivity index (χ4v) is 2.61. The van der Waals surface area contributed by atoms with Gasteiger partial charge in [-0.25, -0.2) is 0 Å². The molecule has 0 aromatic carbocycles. The quantitative estimate of drug-likeness (QED) is 0.841. The van der Waals surface area contributed by atoms with Crippen molar-refractivity contribution in [2.24, 2.45) is 0 Å². The summed E-state index contributed by atoms with van der Waals surface area (Å²) in [7, 11) is 0. The number of likely N-dealkylation sites (tertiary alicyclic amines) is 1. The number of aromatic nitrogens is 1. The van der Waals surface area contributed by atoms with E-state index in [1.54, 1.807) is 0 Å². The average molecular weight is 261 g/mol. The fourth-order valence-electron chi connectivity index (χ4n) is 2.61. The molecule has 0 bridgehead atoms. The zero-order valence-corrected chi connectivity index (χ0v) is 12.7. The highest BCUT2D eigenvalue weighted by molar-refractivity contribution is 5.16. The second kappa shape index (κ2) is 6.29. The second-order valence-corrected chi connectivity index (χ2v) is 5.94. The van der Waals surface area contributed by atoms with Crippen molar-refractivity contribution < 1.29 is 0 Å². The van der Waals surface area contributed by atoms with Crippen LogP contribution >= 0.6 is 0 Å². The van der Waals surface area contributed by atoms with Gasteiger partial charge in [0.05, 0.1) is 0 Å². The topological polar surface area (TPSA) is 20.2 Å². The summed E-state index contributed by atoms with van der Waals surface area (Å²) in [6, 6.07) is 4.95. The molecule has 2 rings (SSSR count). The van der Waals surface area contributed by atoms with Crippen LogP contribution in [0.2, 0.25) is 0 Å². The molecule has 1 N–H and O–H groups in total. The normalized spacial score (nSPS) is 17.5. The van der Waals surface area contributed by atoms with Gasteiger partial charge < -0.3 is 5.43 Å². The van der Waals surface area contributed by atoms with Crippen molar-refractivity contribution in [3.8, 4) is 0 Å². The summed E-state index contributed by atoms with van der Waals surface area (Å²) < 4.78 is 2.23. The molecule has 0 amide bonds. The van der Waals surface area contributed by atoms with E-state index in [1.807, 2.05) is 0 Å². The highest BCUT2D eigenvalue weighted by atomic mass is 15.4. The molecule has 0 aliphatic carbocycles. The highest BCUT2D eigenvalue weighted by Crippen LogP contribution is 2.13. The number of nitrogens with zero attached hydrogens (tertiary/aromatic N) is 2. The van der Waals surface area contributed by atoms with Crippen LogP contribution < -0.4 is 5.43 Å². The van der Waals surface area contributed by atoms with Gasteiger partial charge in [-0.3, -0.25) is 9.58 Å². The van der Waals surface area contributed by atoms with Crippen LogP contribution in [0.3, 0.4) is 0 Å². The van der Waals surface area contributed by atoms with Crippen molar-refractivity contribution in [1.82, 2.24) is 9.58 Å². The van der Waals surface area contributed by atoms with E-state index in [1.165, 1.54) is 42.9 Å². The Labute approximate surface area is 117 Å². The number of rotatable bonds is 4. The molecule has 1 saturated heterocycles. The molecule has 1 fully saturated rings. The Morgan fingerprint density at radius 1 is 1.21 bits per heavy atom. The third kappa shape index (κ3) is 3.87. The third-order valence-electron chi connectivity index (χ3n) is 3.93. The molecular formula is C16H27N3. The smallest absolute Gasteiger partial charge is 0.0448 e. The van der Waals surface area contributed by atoms with Crippen molar-refractivity contribution in [1.29, 1.82) is 0 Å². The molecule has 0 saturated carbocycles. The minimum absolute atomic E-state index is 0.604. The van der Waals surface area contributed by atoms with Gasteiger partial charge in [0.2, 0.25) is 0 Å². The molecule has 1 aliphatic rings. The summed E-state index contributed by atoms with van der Waals surface area (Å²) in [5, 5.41) is 0. The Balaban J connectivity index is 1.82. The van der Waals surface area contributed by atoms with E-state index in [9.17, 15) is 0 Å². The van der Waals surface area contributed by atoms with Gasteiger partial charge in [-0.2, -0.15) is 0 Å². The first-order chi connectivity index (χ1) is 9.06. The van der Waals surface area contributed by atoms with Crippen LogP contribution in [0.25, 0.3) is 0 Å². The molecule has 106 valence electrons. The summed E-state index contributed by atoms with van der Waals surface area (Å²) in [5.41, 5.74) is 7.66. The molecule has 3 nitrogen and oxygen atoms in total. The zero-order chi connectivity index (χ0) is 13.8. The van der Waals surface area contributed by atoms with Crippen molar-refractivity contribution in [3.05, 3.63) is 35.2 Å². The maximum absolute atomic E-state index is 3.66. The number of piperidine rings is 1. The minimum atomic E-state index is 0.604. The van der Waals surface area contributed by atoms with E-state index in [2.05, 4.69) is 60.9 Å². The predicted molar refractivity (Wildman–Crippen MR) is 82.2 cm³/mol. The zero-order valence-electron chi connectivity index (χ0n) is 12.7. The molecule has 2 heterocycles. The van der Waals surface area contributed by atoms with Crippen LogP contribution in [-0.4, -0.2) is 35.3 Å². The summed E-state index contributed by atoms with van der Waals surface area (Å²) in [6.45, 7) is 12.2. The first-order valence-corrected chi connectivity index (χ1v) is 7.33. The molecular weight excluding hydrogens is 234 g/mol. The highest BCUT2D eigenvalue weighted by Gasteiger charge is 2.18. The number of hydrogen-bond donors (Lipinski definition) is 1. The van der Waals surface area contributed by atoms with Crippen LogP contribution in [-0.2, 0) is 0 Å². The maximum atomic E-state index is 3.66. The predicted octanol–water partition coefficient (Wildman–Crippen LogP) is 3.08. The molecule has 3 heteroatoms. The Bertz CT molecular complexity index is 413. The van der Waals surface area contributed by atoms with Crippen LogP contribution in [0.4, 0.5) is 0 Å². The molecule has 1 aromatic heterocycles. The van der Waals surface area contributed by atoms with Gasteiger partial charge in [-0.15, -0.1) is 0 Å². The van der Waals surface area contributed by atoms with Crippen LogP contribution in [0.5, 0.6) is 0 Å². The Kier molecular flexibility index (Phi) is 4.70. The van der Waals surface area contributed by atoms with Gasteiger partial charge in [0.1, 0.15) is 0 Å². The van der Waals surface area contributed by atoms with E-state index in [0.29, 0.717) is 6.04 Å². The Morgan fingerprint density at radius 2 is 1.79 bits per heavy atom. The van der Waals surface area contributed by atoms with E-state index in [0.717, 1.165) is 6.54 Å². The number of allylic oxidation sites excluding steroid dienone is 1. The first kappa shape index (κ1) is 14.2. The lowest BCUT2D eigenvalue weighted by Crippen LogP contribution is -2.41. The van der Waals surface area contributed by atoms with E-state index >= 15 is 0 Å². The van der Waals surface area contributed by atoms with Crippen LogP contribution in [0, 0.1) is 13.8 Å². The molecule has 0 unspecified atom stereocenters. The molecule has 19 heavy (non-hydrogen) atoms. The SMILES string of the molecule is CC(C)=CCN1CCC(Nn2c(C)ccc2C)CC1. The van der Waals surface area contributed by atoms with Crippen LogP contribution in [0.15, 0.2) is 23.8 Å². The van der Waals surface area contributed by atoms with Gasteiger partial charge >= 0.3 is 0 Å². The minimum Gasteiger partial charge on any atom is -0.323 e. The standard InChI is InChI=1S/C16H27N3/c1-13(2)7-10-18-11-8-16(9-12-18)17-19-14(3)5-6-15(19)4/h5-7,16-17H,8-12H2,1-4H3. The Hall–Kier alpha value is -1.22. The maximum Gasteiger partial charge on any atom is 0.0448 e. The molecule has 1 aliphatic heterocycles. The third-order valence-corrected chi connectivity index (χ3v) is 3.93. The largest absolute Gasteiger partial charge is 0.323 e. The molecule has 0 radical (unpaired) electrons. The van der Waals surface area contributed by atoms with E-state index in [4.69, 9.17) is 0 Å². The van der Waals surface area contributed by atoms with Gasteiger partial charge in [0.25, 0.3) is 0 Å². The molecule has 1 aromatic rings. The molecule has 0 atom stereocenters. The lowest BCUT2D eigenvalue weighted by Gasteiger charge is -2.33. The molecule has 0 spiro atoms. The van der Waals surface area contributed by atoms with E-state index < -0.39 is 0 Å². The van der Waals surface area contributed by atoms with Crippen molar-refractivity contribution >= 4 is 0 Å². The van der Waals surface area contributed by atoms with Crippen LogP contribution in [0.1, 0.15) is 38.1 Å². The number of aryl methyl sites for hydroxylation is 2. The van der Waals surface area contributed by atoms with Gasteiger partial charge in [-0.05, 0) is 52.7 Å². The average Bonchev–Trinajstić information content (AvgIpc) is 2.70. The lowest BCUT2D eigenvalue weighted by atomic mass is 10.1. The summed E-state index contributed by atoms with van der Waals surface area (Å²) in [4.78, 5) is 2.54. The van der Waals surface area contributed by atoms with Crippen molar-refractivity contribution in [2.45, 2.75) is 46.6 Å². The second-order valence-electron chi connectivity index (χ2n) is 5.94. The van der Waals surface area contributed by atoms with Gasteiger partial charge in [-0.1, -0.05) is 11.6 Å². The van der Waals surface area contributed by atoms with Gasteiger partial charge in [0.15, 0.2) is 0 Å². The lowest BCUT2D eigenvalue weighted by molar-refractivity contribution is 0.234. The summed E-state index contributed by atoms with van der Waals surface area (Å²) in [5.74, 6) is 0. The van der Waals surface area contributed by atoms with E-state index in [-0.39, 0.29) is 0 Å². The Morgan fingerprint density at radius 3 is 2.32 bits per heavy atom. The summed E-state index contributed by atoms with van der Waals surface area (Å²) >= 11 is 0. The number of nitrogens with one attached hydrogen (secondary N) is 1. The monoisotopic (exact) mass is 261 g/mol. The first-order valence-electron chi connectivity index (χ1n) is 7.33. The van der Waals surface area contributed by atoms with Crippen molar-refractivity contribution in [2.75, 3.05) is 25.1 Å². The van der Waals surface area contributed by atoms with Gasteiger partial charge in [0, 0.05) is 37.1 Å². The summed E-state index contributed by atoms with van der Waals surface area (Å²) in [6.07, 6.45) is 4.79. The fraction of sp³-hybridized carbons (Fsp3) is 0.625. The van der Waals surface area contributed by atoms with Crippen molar-refractivity contribution in [3.63, 3.8) is 0 Å². The number of hydrogen-bond acceptors (Lipinski definition) is 2.